The van der Waals surface area contributed by atoms with Gasteiger partial charge in [0.05, 0.1) is 0 Å². The van der Waals surface area contributed by atoms with Gasteiger partial charge in [0.15, 0.2) is 0 Å². The highest BCUT2D eigenvalue weighted by Gasteiger charge is 2.53. The number of nitrogens with one attached hydrogen (secondary N) is 1. The van der Waals surface area contributed by atoms with Gasteiger partial charge in [-0.2, -0.15) is 0 Å². The molecule has 108 valence electrons. The zero-order valence-electron chi connectivity index (χ0n) is 12.4. The first kappa shape index (κ1) is 12.7. The summed E-state index contributed by atoms with van der Waals surface area (Å²) in [5.74, 6) is 5.56. The van der Waals surface area contributed by atoms with E-state index in [0.29, 0.717) is 0 Å². The van der Waals surface area contributed by atoms with Crippen LogP contribution in [-0.2, 0) is 0 Å². The molecule has 4 aliphatic rings. The summed E-state index contributed by atoms with van der Waals surface area (Å²) < 4.78 is 0. The van der Waals surface area contributed by atoms with Gasteiger partial charge in [0.2, 0.25) is 0 Å². The van der Waals surface area contributed by atoms with Crippen molar-refractivity contribution in [2.45, 2.75) is 76.7 Å². The van der Waals surface area contributed by atoms with E-state index in [1.54, 1.807) is 19.3 Å². The molecule has 4 aliphatic carbocycles. The van der Waals surface area contributed by atoms with Crippen LogP contribution in [-0.4, -0.2) is 12.6 Å². The summed E-state index contributed by atoms with van der Waals surface area (Å²) in [4.78, 5) is 0. The lowest BCUT2D eigenvalue weighted by molar-refractivity contribution is 0.208. The first-order valence-corrected chi connectivity index (χ1v) is 9.15. The Bertz CT molecular complexity index is 307. The molecule has 5 atom stereocenters. The molecule has 0 aromatic rings. The Morgan fingerprint density at radius 1 is 0.789 bits per heavy atom. The van der Waals surface area contributed by atoms with Crippen LogP contribution in [0, 0.1) is 29.6 Å². The van der Waals surface area contributed by atoms with E-state index in [2.05, 4.69) is 5.32 Å². The molecule has 1 nitrogen and oxygen atoms in total. The lowest BCUT2D eigenvalue weighted by atomic mass is 9.79. The molecule has 1 heteroatoms. The van der Waals surface area contributed by atoms with Crippen LogP contribution in [0.4, 0.5) is 0 Å². The Morgan fingerprint density at radius 2 is 1.63 bits per heavy atom. The highest BCUT2D eigenvalue weighted by atomic mass is 14.9. The van der Waals surface area contributed by atoms with Gasteiger partial charge < -0.3 is 5.32 Å². The molecule has 0 spiro atoms. The normalized spacial score (nSPS) is 45.2. The first-order chi connectivity index (χ1) is 9.42. The molecule has 2 bridgehead atoms. The fourth-order valence-electron chi connectivity index (χ4n) is 6.28. The molecule has 0 aliphatic heterocycles. The maximum Gasteiger partial charge on any atom is 0.0101 e. The highest BCUT2D eigenvalue weighted by Crippen LogP contribution is 2.58. The third-order valence-electron chi connectivity index (χ3n) is 7.10. The van der Waals surface area contributed by atoms with E-state index in [1.807, 2.05) is 0 Å². The Kier molecular flexibility index (Phi) is 3.60. The molecule has 0 heterocycles. The summed E-state index contributed by atoms with van der Waals surface area (Å²) >= 11 is 0. The maximum absolute atomic E-state index is 3.95. The first-order valence-electron chi connectivity index (χ1n) is 9.15. The number of hydrogen-bond acceptors (Lipinski definition) is 1. The quantitative estimate of drug-likeness (QED) is 0.725. The van der Waals surface area contributed by atoms with Crippen molar-refractivity contribution >= 4 is 0 Å². The van der Waals surface area contributed by atoms with E-state index in [9.17, 15) is 0 Å². The Labute approximate surface area is 118 Å². The zero-order chi connectivity index (χ0) is 12.7. The van der Waals surface area contributed by atoms with Gasteiger partial charge in [-0.3, -0.25) is 0 Å². The highest BCUT2D eigenvalue weighted by molar-refractivity contribution is 5.05. The van der Waals surface area contributed by atoms with Gasteiger partial charge in [-0.05, 0) is 74.7 Å². The zero-order valence-corrected chi connectivity index (χ0v) is 12.4. The van der Waals surface area contributed by atoms with Gasteiger partial charge in [-0.1, -0.05) is 32.1 Å². The van der Waals surface area contributed by atoms with E-state index in [0.717, 1.165) is 35.6 Å². The molecular formula is C18H31N. The monoisotopic (exact) mass is 261 g/mol. The van der Waals surface area contributed by atoms with Crippen LogP contribution >= 0.6 is 0 Å². The third-order valence-corrected chi connectivity index (χ3v) is 7.10. The third kappa shape index (κ3) is 2.37. The van der Waals surface area contributed by atoms with E-state index in [1.165, 1.54) is 57.9 Å². The van der Waals surface area contributed by atoms with Crippen molar-refractivity contribution in [3.8, 4) is 0 Å². The van der Waals surface area contributed by atoms with Gasteiger partial charge >= 0.3 is 0 Å². The molecule has 0 radical (unpaired) electrons. The topological polar surface area (TPSA) is 12.0 Å². The molecule has 1 N–H and O–H groups in total. The molecule has 5 unspecified atom stereocenters. The number of fused-ring (bicyclic) bond motifs is 5. The average Bonchev–Trinajstić information content (AvgIpc) is 3.14. The Hall–Kier alpha value is -0.0400. The fraction of sp³-hybridized carbons (Fsp3) is 1.00. The van der Waals surface area contributed by atoms with Gasteiger partial charge in [-0.15, -0.1) is 0 Å². The minimum atomic E-state index is 0.910. The summed E-state index contributed by atoms with van der Waals surface area (Å²) in [5.41, 5.74) is 0. The van der Waals surface area contributed by atoms with Gasteiger partial charge in [0, 0.05) is 6.04 Å². The lowest BCUT2D eigenvalue weighted by Crippen LogP contribution is -2.39. The Morgan fingerprint density at radius 3 is 2.53 bits per heavy atom. The van der Waals surface area contributed by atoms with Crippen molar-refractivity contribution in [2.75, 3.05) is 6.54 Å². The average molecular weight is 261 g/mol. The van der Waals surface area contributed by atoms with Crippen molar-refractivity contribution in [1.29, 1.82) is 0 Å². The second-order valence-electron chi connectivity index (χ2n) is 8.01. The van der Waals surface area contributed by atoms with Crippen LogP contribution in [0.25, 0.3) is 0 Å². The van der Waals surface area contributed by atoms with Crippen LogP contribution in [0.5, 0.6) is 0 Å². The summed E-state index contributed by atoms with van der Waals surface area (Å²) in [6.45, 7) is 1.31. The van der Waals surface area contributed by atoms with Crippen molar-refractivity contribution in [1.82, 2.24) is 5.32 Å². The summed E-state index contributed by atoms with van der Waals surface area (Å²) in [6.07, 6.45) is 16.8. The second-order valence-corrected chi connectivity index (χ2v) is 8.01. The van der Waals surface area contributed by atoms with Gasteiger partial charge in [0.1, 0.15) is 0 Å². The van der Waals surface area contributed by atoms with Crippen LogP contribution in [0.3, 0.4) is 0 Å². The smallest absolute Gasteiger partial charge is 0.0101 e. The molecule has 19 heavy (non-hydrogen) atoms. The van der Waals surface area contributed by atoms with E-state index < -0.39 is 0 Å². The van der Waals surface area contributed by atoms with Gasteiger partial charge in [0.25, 0.3) is 0 Å². The van der Waals surface area contributed by atoms with E-state index >= 15 is 0 Å². The number of hydrogen-bond donors (Lipinski definition) is 1. The van der Waals surface area contributed by atoms with E-state index in [4.69, 9.17) is 0 Å². The number of rotatable bonds is 5. The van der Waals surface area contributed by atoms with Crippen molar-refractivity contribution in [3.63, 3.8) is 0 Å². The van der Waals surface area contributed by atoms with Crippen LogP contribution in [0.15, 0.2) is 0 Å². The predicted molar refractivity (Wildman–Crippen MR) is 80.0 cm³/mol. The van der Waals surface area contributed by atoms with Crippen molar-refractivity contribution in [3.05, 3.63) is 0 Å². The molecule has 4 rings (SSSR count). The molecule has 0 aromatic heterocycles. The molecule has 0 amide bonds. The van der Waals surface area contributed by atoms with Crippen molar-refractivity contribution < 1.29 is 0 Å². The maximum atomic E-state index is 3.95. The summed E-state index contributed by atoms with van der Waals surface area (Å²) in [5, 5.41) is 3.95. The predicted octanol–water partition coefficient (Wildman–Crippen LogP) is 4.37. The Balaban J connectivity index is 1.20. The van der Waals surface area contributed by atoms with E-state index in [-0.39, 0.29) is 0 Å². The van der Waals surface area contributed by atoms with Crippen LogP contribution < -0.4 is 5.32 Å². The summed E-state index contributed by atoms with van der Waals surface area (Å²) in [6, 6.07) is 0.910. The van der Waals surface area contributed by atoms with Crippen LogP contribution in [0.1, 0.15) is 70.6 Å². The summed E-state index contributed by atoms with van der Waals surface area (Å²) in [7, 11) is 0. The standard InChI is InChI=1S/C18H31N/c1-2-6-13(5-1)7-4-10-19-18-12-14-11-17(18)16-9-3-8-15(14)16/h13-19H,1-12H2. The minimum Gasteiger partial charge on any atom is -0.314 e. The molecule has 4 saturated carbocycles. The molecular weight excluding hydrogens is 230 g/mol. The van der Waals surface area contributed by atoms with Gasteiger partial charge in [-0.25, -0.2) is 0 Å². The van der Waals surface area contributed by atoms with Crippen molar-refractivity contribution in [2.24, 2.45) is 29.6 Å². The molecule has 4 fully saturated rings. The lowest BCUT2D eigenvalue weighted by Gasteiger charge is -2.32. The largest absolute Gasteiger partial charge is 0.314 e. The second kappa shape index (κ2) is 5.39. The minimum absolute atomic E-state index is 0.910. The van der Waals surface area contributed by atoms with Crippen LogP contribution in [0.2, 0.25) is 0 Å². The SMILES string of the molecule is C1CCC(CCCNC2CC3CC2C2CCCC32)C1. The molecule has 0 saturated heterocycles. The molecule has 0 aromatic carbocycles. The fourth-order valence-corrected chi connectivity index (χ4v) is 6.28.